The first kappa shape index (κ1) is 24.4. The van der Waals surface area contributed by atoms with Crippen molar-refractivity contribution in [3.05, 3.63) is 12.2 Å². The molecule has 3 amide bonds. The van der Waals surface area contributed by atoms with E-state index in [-0.39, 0.29) is 48.1 Å². The second kappa shape index (κ2) is 10.4. The van der Waals surface area contributed by atoms with Crippen LogP contribution in [0.1, 0.15) is 53.9 Å². The van der Waals surface area contributed by atoms with E-state index in [1.165, 1.54) is 0 Å². The van der Waals surface area contributed by atoms with Gasteiger partial charge < -0.3 is 20.6 Å². The minimum atomic E-state index is -0.714. The number of aliphatic hydroxyl groups excluding tert-OH is 1. The molecule has 3 N–H and O–H groups in total. The minimum absolute atomic E-state index is 0.00240. The third-order valence-corrected chi connectivity index (χ3v) is 6.48. The second-order valence-electron chi connectivity index (χ2n) is 9.34. The van der Waals surface area contributed by atoms with Crippen LogP contribution in [0.15, 0.2) is 12.2 Å². The zero-order valence-electron chi connectivity index (χ0n) is 19.2. The van der Waals surface area contributed by atoms with Crippen molar-refractivity contribution < 1.29 is 19.5 Å². The lowest BCUT2D eigenvalue weighted by molar-refractivity contribution is -0.143. The predicted octanol–water partition coefficient (Wildman–Crippen LogP) is 1.71. The third kappa shape index (κ3) is 4.88. The molecule has 1 fully saturated rings. The molecule has 0 saturated carbocycles. The number of fused-ring (bicyclic) bond motifs is 1. The largest absolute Gasteiger partial charge is 0.394 e. The molecule has 2 rings (SSSR count). The fourth-order valence-electron chi connectivity index (χ4n) is 5.15. The van der Waals surface area contributed by atoms with Gasteiger partial charge in [-0.15, -0.1) is 0 Å². The zero-order chi connectivity index (χ0) is 22.6. The van der Waals surface area contributed by atoms with Crippen LogP contribution in [0, 0.1) is 29.6 Å². The highest BCUT2D eigenvalue weighted by Gasteiger charge is 2.58. The Morgan fingerprint density at radius 2 is 1.87 bits per heavy atom. The summed E-state index contributed by atoms with van der Waals surface area (Å²) in [6.45, 7) is 9.81. The standard InChI is InChI=1S/C23H39N3O4/c1-7-8-15(5)25-22(29)20-17-10-9-14(4)18(21(28)24-6)19(17)23(30)26(20)16(12-27)11-13(2)3/h9-10,13-20,27H,7-8,11-12H2,1-6H3,(H,24,28)(H,25,29)/t14-,15?,16-,17+,18-,19-,20+/m1/s1. The predicted molar refractivity (Wildman–Crippen MR) is 116 cm³/mol. The summed E-state index contributed by atoms with van der Waals surface area (Å²) in [5.41, 5.74) is 0. The van der Waals surface area contributed by atoms with Crippen LogP contribution in [0.5, 0.6) is 0 Å². The molecule has 0 radical (unpaired) electrons. The summed E-state index contributed by atoms with van der Waals surface area (Å²) in [5.74, 6) is -1.93. The second-order valence-corrected chi connectivity index (χ2v) is 9.34. The van der Waals surface area contributed by atoms with Gasteiger partial charge >= 0.3 is 0 Å². The van der Waals surface area contributed by atoms with Crippen LogP contribution in [0.2, 0.25) is 0 Å². The molecule has 0 aromatic rings. The van der Waals surface area contributed by atoms with Crippen molar-refractivity contribution in [1.29, 1.82) is 0 Å². The molecule has 1 aliphatic heterocycles. The molecule has 7 atom stereocenters. The van der Waals surface area contributed by atoms with E-state index in [1.807, 2.05) is 39.8 Å². The zero-order valence-corrected chi connectivity index (χ0v) is 19.2. The number of rotatable bonds is 9. The van der Waals surface area contributed by atoms with Crippen LogP contribution in [-0.4, -0.2) is 59.5 Å². The van der Waals surface area contributed by atoms with Gasteiger partial charge in [0, 0.05) is 19.0 Å². The van der Waals surface area contributed by atoms with E-state index in [9.17, 15) is 19.5 Å². The van der Waals surface area contributed by atoms with Gasteiger partial charge in [-0.1, -0.05) is 46.3 Å². The van der Waals surface area contributed by atoms with Gasteiger partial charge in [0.15, 0.2) is 0 Å². The topological polar surface area (TPSA) is 98.7 Å². The number of amides is 3. The molecule has 1 heterocycles. The van der Waals surface area contributed by atoms with E-state index in [4.69, 9.17) is 0 Å². The number of aliphatic hydroxyl groups is 1. The SMILES string of the molecule is CCCC(C)NC(=O)[C@@H]1[C@H]2C=C[C@@H](C)[C@@H](C(=O)NC)[C@@H]2C(=O)N1[C@@H](CO)CC(C)C. The molecule has 1 aliphatic carbocycles. The van der Waals surface area contributed by atoms with Crippen molar-refractivity contribution in [3.8, 4) is 0 Å². The monoisotopic (exact) mass is 421 g/mol. The van der Waals surface area contributed by atoms with Crippen LogP contribution in [0.25, 0.3) is 0 Å². The van der Waals surface area contributed by atoms with Gasteiger partial charge in [-0.05, 0) is 31.6 Å². The number of hydrogen-bond donors (Lipinski definition) is 3. The highest BCUT2D eigenvalue weighted by Crippen LogP contribution is 2.45. The number of carbonyl (C=O) groups is 3. The Bertz CT molecular complexity index is 663. The molecule has 0 aromatic carbocycles. The number of nitrogens with one attached hydrogen (secondary N) is 2. The van der Waals surface area contributed by atoms with Gasteiger partial charge in [0.05, 0.1) is 24.5 Å². The number of nitrogens with zero attached hydrogens (tertiary/aromatic N) is 1. The van der Waals surface area contributed by atoms with Gasteiger partial charge in [-0.25, -0.2) is 0 Å². The molecule has 0 aromatic heterocycles. The van der Waals surface area contributed by atoms with E-state index in [0.29, 0.717) is 6.42 Å². The molecule has 0 spiro atoms. The molecule has 170 valence electrons. The number of carbonyl (C=O) groups excluding carboxylic acids is 3. The van der Waals surface area contributed by atoms with E-state index >= 15 is 0 Å². The van der Waals surface area contributed by atoms with E-state index in [1.54, 1.807) is 11.9 Å². The fraction of sp³-hybridized carbons (Fsp3) is 0.783. The first-order valence-corrected chi connectivity index (χ1v) is 11.3. The van der Waals surface area contributed by atoms with Crippen molar-refractivity contribution >= 4 is 17.7 Å². The van der Waals surface area contributed by atoms with Crippen molar-refractivity contribution in [1.82, 2.24) is 15.5 Å². The summed E-state index contributed by atoms with van der Waals surface area (Å²) in [6, 6.07) is -1.17. The first-order valence-electron chi connectivity index (χ1n) is 11.3. The van der Waals surface area contributed by atoms with Crippen LogP contribution in [-0.2, 0) is 14.4 Å². The maximum Gasteiger partial charge on any atom is 0.243 e. The fourth-order valence-corrected chi connectivity index (χ4v) is 5.15. The summed E-state index contributed by atoms with van der Waals surface area (Å²) in [7, 11) is 1.57. The molecule has 0 bridgehead atoms. The summed E-state index contributed by atoms with van der Waals surface area (Å²) in [4.78, 5) is 41.2. The number of likely N-dealkylation sites (tertiary alicyclic amines) is 1. The Hall–Kier alpha value is -1.89. The van der Waals surface area contributed by atoms with Gasteiger partial charge in [-0.2, -0.15) is 0 Å². The van der Waals surface area contributed by atoms with Gasteiger partial charge in [0.2, 0.25) is 17.7 Å². The average molecular weight is 422 g/mol. The van der Waals surface area contributed by atoms with E-state index in [2.05, 4.69) is 17.6 Å². The molecule has 30 heavy (non-hydrogen) atoms. The Labute approximate surface area is 180 Å². The molecule has 7 heteroatoms. The molecule has 2 aliphatic rings. The quantitative estimate of drug-likeness (QED) is 0.494. The Kier molecular flexibility index (Phi) is 8.47. The van der Waals surface area contributed by atoms with E-state index in [0.717, 1.165) is 12.8 Å². The van der Waals surface area contributed by atoms with Gasteiger partial charge in [0.25, 0.3) is 0 Å². The molecule has 1 saturated heterocycles. The smallest absolute Gasteiger partial charge is 0.243 e. The third-order valence-electron chi connectivity index (χ3n) is 6.48. The van der Waals surface area contributed by atoms with Crippen molar-refractivity contribution in [2.24, 2.45) is 29.6 Å². The molecule has 7 nitrogen and oxygen atoms in total. The summed E-state index contributed by atoms with van der Waals surface area (Å²) >= 11 is 0. The van der Waals surface area contributed by atoms with Gasteiger partial charge in [0.1, 0.15) is 6.04 Å². The normalized spacial score (nSPS) is 30.2. The van der Waals surface area contributed by atoms with Crippen molar-refractivity contribution in [2.45, 2.75) is 72.0 Å². The Morgan fingerprint density at radius 3 is 2.40 bits per heavy atom. The lowest BCUT2D eigenvalue weighted by atomic mass is 9.70. The summed E-state index contributed by atoms with van der Waals surface area (Å²) in [5, 5.41) is 15.8. The molecular formula is C23H39N3O4. The van der Waals surface area contributed by atoms with Crippen LogP contribution in [0.4, 0.5) is 0 Å². The summed E-state index contributed by atoms with van der Waals surface area (Å²) in [6.07, 6.45) is 6.28. The highest BCUT2D eigenvalue weighted by atomic mass is 16.3. The Morgan fingerprint density at radius 1 is 1.20 bits per heavy atom. The lowest BCUT2D eigenvalue weighted by Gasteiger charge is -2.34. The van der Waals surface area contributed by atoms with Crippen LogP contribution < -0.4 is 10.6 Å². The first-order chi connectivity index (χ1) is 14.2. The number of allylic oxidation sites excluding steroid dienone is 1. The Balaban J connectivity index is 2.47. The number of hydrogen-bond acceptors (Lipinski definition) is 4. The van der Waals surface area contributed by atoms with E-state index < -0.39 is 23.9 Å². The van der Waals surface area contributed by atoms with Crippen LogP contribution in [0.3, 0.4) is 0 Å². The molecule has 1 unspecified atom stereocenters. The maximum atomic E-state index is 13.6. The highest BCUT2D eigenvalue weighted by molar-refractivity contribution is 5.97. The minimum Gasteiger partial charge on any atom is -0.394 e. The molecular weight excluding hydrogens is 382 g/mol. The van der Waals surface area contributed by atoms with Gasteiger partial charge in [-0.3, -0.25) is 14.4 Å². The van der Waals surface area contributed by atoms with Crippen molar-refractivity contribution in [3.63, 3.8) is 0 Å². The summed E-state index contributed by atoms with van der Waals surface area (Å²) < 4.78 is 0. The average Bonchev–Trinajstić information content (AvgIpc) is 2.98. The van der Waals surface area contributed by atoms with Crippen LogP contribution >= 0.6 is 0 Å². The maximum absolute atomic E-state index is 13.6. The lowest BCUT2D eigenvalue weighted by Crippen LogP contribution is -2.54. The van der Waals surface area contributed by atoms with Crippen molar-refractivity contribution in [2.75, 3.05) is 13.7 Å².